The van der Waals surface area contributed by atoms with Crippen LogP contribution >= 0.6 is 11.3 Å². The number of hydrazine groups is 1. The number of nitrogens with zero attached hydrogens (tertiary/aromatic N) is 1. The summed E-state index contributed by atoms with van der Waals surface area (Å²) in [5, 5.41) is 3.11. The van der Waals surface area contributed by atoms with Gasteiger partial charge in [-0.1, -0.05) is 0 Å². The molecule has 0 saturated carbocycles. The van der Waals surface area contributed by atoms with Crippen molar-refractivity contribution in [1.82, 2.24) is 10.4 Å². The van der Waals surface area contributed by atoms with Gasteiger partial charge < -0.3 is 4.42 Å². The monoisotopic (exact) mass is 223 g/mol. The van der Waals surface area contributed by atoms with Gasteiger partial charge in [-0.25, -0.2) is 10.4 Å². The Bertz CT molecular complexity index is 410. The van der Waals surface area contributed by atoms with Crippen LogP contribution in [0.15, 0.2) is 28.2 Å². The number of rotatable bonds is 4. The second kappa shape index (κ2) is 4.57. The molecule has 0 spiro atoms. The maximum Gasteiger partial charge on any atom is 0.122 e. The molecule has 4 nitrogen and oxygen atoms in total. The van der Waals surface area contributed by atoms with Crippen molar-refractivity contribution in [2.45, 2.75) is 19.4 Å². The fourth-order valence-electron chi connectivity index (χ4n) is 1.44. The highest BCUT2D eigenvalue weighted by Crippen LogP contribution is 2.19. The predicted molar refractivity (Wildman–Crippen MR) is 59.3 cm³/mol. The molecule has 5 heteroatoms. The van der Waals surface area contributed by atoms with Gasteiger partial charge in [0.2, 0.25) is 0 Å². The second-order valence-corrected chi connectivity index (χ2v) is 4.36. The number of nitrogens with two attached hydrogens (primary N) is 1. The van der Waals surface area contributed by atoms with E-state index in [0.717, 1.165) is 22.9 Å². The summed E-state index contributed by atoms with van der Waals surface area (Å²) in [7, 11) is 0. The van der Waals surface area contributed by atoms with Crippen LogP contribution in [0.4, 0.5) is 0 Å². The Hall–Kier alpha value is -1.17. The molecule has 1 unspecified atom stereocenters. The lowest BCUT2D eigenvalue weighted by Gasteiger charge is -2.11. The van der Waals surface area contributed by atoms with Crippen LogP contribution in [0.25, 0.3) is 0 Å². The molecule has 0 fully saturated rings. The normalized spacial score (nSPS) is 12.9. The van der Waals surface area contributed by atoms with Crippen LogP contribution in [0, 0.1) is 6.92 Å². The first-order valence-corrected chi connectivity index (χ1v) is 5.58. The molecular weight excluding hydrogens is 210 g/mol. The van der Waals surface area contributed by atoms with Crippen LogP contribution in [0.2, 0.25) is 0 Å². The molecule has 0 aliphatic heterocycles. The van der Waals surface area contributed by atoms with Crippen LogP contribution in [-0.2, 0) is 6.42 Å². The van der Waals surface area contributed by atoms with Crippen molar-refractivity contribution in [1.29, 1.82) is 0 Å². The third-order valence-corrected chi connectivity index (χ3v) is 2.99. The smallest absolute Gasteiger partial charge is 0.122 e. The molecular formula is C10H13N3OS. The van der Waals surface area contributed by atoms with Crippen LogP contribution < -0.4 is 11.3 Å². The summed E-state index contributed by atoms with van der Waals surface area (Å²) in [5.41, 5.74) is 3.77. The lowest BCUT2D eigenvalue weighted by molar-refractivity contribution is 0.414. The zero-order chi connectivity index (χ0) is 10.7. The van der Waals surface area contributed by atoms with Crippen LogP contribution in [0.5, 0.6) is 0 Å². The Kier molecular flexibility index (Phi) is 3.15. The first-order valence-electron chi connectivity index (χ1n) is 4.70. The molecule has 0 amide bonds. The average molecular weight is 223 g/mol. The van der Waals surface area contributed by atoms with E-state index < -0.39 is 0 Å². The molecule has 0 aliphatic carbocycles. The molecule has 2 heterocycles. The highest BCUT2D eigenvalue weighted by atomic mass is 32.1. The van der Waals surface area contributed by atoms with Crippen molar-refractivity contribution >= 4 is 11.3 Å². The Morgan fingerprint density at radius 2 is 2.53 bits per heavy atom. The van der Waals surface area contributed by atoms with Gasteiger partial charge in [-0.05, 0) is 19.1 Å². The summed E-state index contributed by atoms with van der Waals surface area (Å²) in [6.45, 7) is 1.99. The minimum atomic E-state index is -0.0125. The standard InChI is InChI=1S/C10H13N3OS/c1-7-12-8(6-15-7)5-9(13-11)10-3-2-4-14-10/h2-4,6,9,13H,5,11H2,1H3. The topological polar surface area (TPSA) is 64.1 Å². The van der Waals surface area contributed by atoms with Gasteiger partial charge >= 0.3 is 0 Å². The van der Waals surface area contributed by atoms with Crippen molar-refractivity contribution in [3.05, 3.63) is 40.2 Å². The van der Waals surface area contributed by atoms with E-state index in [1.165, 1.54) is 0 Å². The maximum atomic E-state index is 5.48. The summed E-state index contributed by atoms with van der Waals surface area (Å²) in [6, 6.07) is 3.75. The third kappa shape index (κ3) is 2.44. The average Bonchev–Trinajstić information content (AvgIpc) is 2.85. The van der Waals surface area contributed by atoms with E-state index in [9.17, 15) is 0 Å². The third-order valence-electron chi connectivity index (χ3n) is 2.17. The quantitative estimate of drug-likeness (QED) is 0.612. The first kappa shape index (κ1) is 10.4. The Morgan fingerprint density at radius 1 is 1.67 bits per heavy atom. The molecule has 0 saturated heterocycles. The van der Waals surface area contributed by atoms with Crippen molar-refractivity contribution in [2.75, 3.05) is 0 Å². The zero-order valence-electron chi connectivity index (χ0n) is 8.43. The lowest BCUT2D eigenvalue weighted by Crippen LogP contribution is -2.29. The summed E-state index contributed by atoms with van der Waals surface area (Å²) in [4.78, 5) is 4.39. The fourth-order valence-corrected chi connectivity index (χ4v) is 2.07. The van der Waals surface area contributed by atoms with E-state index in [0.29, 0.717) is 0 Å². The number of hydrogen-bond donors (Lipinski definition) is 2. The van der Waals surface area contributed by atoms with Gasteiger partial charge in [0.15, 0.2) is 0 Å². The maximum absolute atomic E-state index is 5.48. The summed E-state index contributed by atoms with van der Waals surface area (Å²) < 4.78 is 5.30. The van der Waals surface area contributed by atoms with Gasteiger partial charge in [0, 0.05) is 11.8 Å². The molecule has 3 N–H and O–H groups in total. The van der Waals surface area contributed by atoms with Gasteiger partial charge in [0.1, 0.15) is 5.76 Å². The van der Waals surface area contributed by atoms with E-state index >= 15 is 0 Å². The van der Waals surface area contributed by atoms with Gasteiger partial charge in [-0.2, -0.15) is 0 Å². The van der Waals surface area contributed by atoms with Gasteiger partial charge in [-0.3, -0.25) is 5.84 Å². The number of thiazole rings is 1. The molecule has 0 aromatic carbocycles. The zero-order valence-corrected chi connectivity index (χ0v) is 9.25. The van der Waals surface area contributed by atoms with E-state index in [1.807, 2.05) is 24.4 Å². The molecule has 2 rings (SSSR count). The highest BCUT2D eigenvalue weighted by molar-refractivity contribution is 7.09. The van der Waals surface area contributed by atoms with Crippen LogP contribution in [-0.4, -0.2) is 4.98 Å². The number of aromatic nitrogens is 1. The summed E-state index contributed by atoms with van der Waals surface area (Å²) in [5.74, 6) is 6.32. The van der Waals surface area contributed by atoms with Crippen LogP contribution in [0.3, 0.4) is 0 Å². The SMILES string of the molecule is Cc1nc(CC(NN)c2ccco2)cs1. The minimum Gasteiger partial charge on any atom is -0.468 e. The molecule has 1 atom stereocenters. The molecule has 0 bridgehead atoms. The van der Waals surface area contributed by atoms with E-state index in [2.05, 4.69) is 10.4 Å². The van der Waals surface area contributed by atoms with Crippen molar-refractivity contribution in [3.8, 4) is 0 Å². The number of hydrogen-bond acceptors (Lipinski definition) is 5. The van der Waals surface area contributed by atoms with E-state index in [-0.39, 0.29) is 6.04 Å². The molecule has 2 aromatic heterocycles. The van der Waals surface area contributed by atoms with Crippen molar-refractivity contribution in [3.63, 3.8) is 0 Å². The lowest BCUT2D eigenvalue weighted by atomic mass is 10.1. The first-order chi connectivity index (χ1) is 7.29. The number of nitrogens with one attached hydrogen (secondary N) is 1. The Balaban J connectivity index is 2.09. The highest BCUT2D eigenvalue weighted by Gasteiger charge is 2.14. The van der Waals surface area contributed by atoms with E-state index in [4.69, 9.17) is 10.3 Å². The fraction of sp³-hybridized carbons (Fsp3) is 0.300. The van der Waals surface area contributed by atoms with Crippen LogP contribution in [0.1, 0.15) is 22.5 Å². The number of furan rings is 1. The molecule has 0 aliphatic rings. The van der Waals surface area contributed by atoms with Gasteiger partial charge in [0.25, 0.3) is 0 Å². The van der Waals surface area contributed by atoms with Gasteiger partial charge in [0.05, 0.1) is 23.0 Å². The largest absolute Gasteiger partial charge is 0.468 e. The van der Waals surface area contributed by atoms with Crippen molar-refractivity contribution in [2.24, 2.45) is 5.84 Å². The van der Waals surface area contributed by atoms with Gasteiger partial charge in [-0.15, -0.1) is 11.3 Å². The number of aryl methyl sites for hydroxylation is 1. The summed E-state index contributed by atoms with van der Waals surface area (Å²) in [6.07, 6.45) is 2.39. The van der Waals surface area contributed by atoms with E-state index in [1.54, 1.807) is 17.6 Å². The summed E-state index contributed by atoms with van der Waals surface area (Å²) >= 11 is 1.64. The molecule has 80 valence electrons. The second-order valence-electron chi connectivity index (χ2n) is 3.30. The molecule has 0 radical (unpaired) electrons. The Labute approximate surface area is 92.1 Å². The Morgan fingerprint density at radius 3 is 3.07 bits per heavy atom. The minimum absolute atomic E-state index is 0.0125. The molecule has 15 heavy (non-hydrogen) atoms. The predicted octanol–water partition coefficient (Wildman–Crippen LogP) is 1.79. The van der Waals surface area contributed by atoms with Crippen molar-refractivity contribution < 1.29 is 4.42 Å². The molecule has 2 aromatic rings.